The molecule has 4 N–H and O–H groups in total. The number of carbonyl (C=O) groups is 1. The van der Waals surface area contributed by atoms with Crippen molar-refractivity contribution in [2.24, 2.45) is 17.3 Å². The molecule has 0 bridgehead atoms. The maximum Gasteiger partial charge on any atom is 0.186 e. The van der Waals surface area contributed by atoms with Crippen molar-refractivity contribution >= 4 is 5.78 Å². The third-order valence-corrected chi connectivity index (χ3v) is 5.70. The summed E-state index contributed by atoms with van der Waals surface area (Å²) in [5.74, 6) is 0.461. The van der Waals surface area contributed by atoms with Gasteiger partial charge in [-0.05, 0) is 17.8 Å². The Kier molecular flexibility index (Phi) is 5.81. The van der Waals surface area contributed by atoms with E-state index >= 15 is 0 Å². The Bertz CT molecular complexity index is 423. The van der Waals surface area contributed by atoms with E-state index in [2.05, 4.69) is 13.8 Å². The zero-order valence-electron chi connectivity index (χ0n) is 13.9. The van der Waals surface area contributed by atoms with Gasteiger partial charge >= 0.3 is 0 Å². The lowest BCUT2D eigenvalue weighted by molar-refractivity contribution is -0.301. The molecule has 1 saturated carbocycles. The first-order chi connectivity index (χ1) is 10.7. The van der Waals surface area contributed by atoms with E-state index in [-0.39, 0.29) is 29.6 Å². The van der Waals surface area contributed by atoms with Crippen molar-refractivity contribution in [3.8, 4) is 0 Å². The highest BCUT2D eigenvalue weighted by atomic mass is 16.7. The number of carbonyl (C=O) groups excluding carboxylic acids is 1. The summed E-state index contributed by atoms with van der Waals surface area (Å²) in [5, 5.41) is 38.5. The molecule has 0 radical (unpaired) electrons. The Labute approximate surface area is 136 Å². The molecule has 23 heavy (non-hydrogen) atoms. The number of ketones is 1. The molecule has 1 heterocycles. The molecular weight excluding hydrogens is 304 g/mol. The van der Waals surface area contributed by atoms with Gasteiger partial charge in [-0.1, -0.05) is 20.8 Å². The molecule has 0 spiro atoms. The largest absolute Gasteiger partial charge is 0.394 e. The highest BCUT2D eigenvalue weighted by Crippen LogP contribution is 2.46. The average molecular weight is 332 g/mol. The quantitative estimate of drug-likeness (QED) is 0.533. The van der Waals surface area contributed by atoms with Gasteiger partial charge in [0.25, 0.3) is 0 Å². The average Bonchev–Trinajstić information content (AvgIpc) is 2.70. The minimum Gasteiger partial charge on any atom is -0.394 e. The third-order valence-electron chi connectivity index (χ3n) is 5.70. The highest BCUT2D eigenvalue weighted by molar-refractivity contribution is 5.84. The van der Waals surface area contributed by atoms with Crippen LogP contribution in [0, 0.1) is 17.3 Å². The van der Waals surface area contributed by atoms with E-state index in [0.29, 0.717) is 12.8 Å². The Morgan fingerprint density at radius 3 is 2.39 bits per heavy atom. The number of Topliss-reactive ketones (excluding diaryl/α,β-unsaturated/α-hetero) is 1. The second-order valence-corrected chi connectivity index (χ2v) is 7.27. The lowest BCUT2D eigenvalue weighted by Crippen LogP contribution is -2.59. The van der Waals surface area contributed by atoms with Crippen LogP contribution in [0.1, 0.15) is 33.6 Å². The van der Waals surface area contributed by atoms with Crippen LogP contribution in [-0.4, -0.2) is 70.1 Å². The topological polar surface area (TPSA) is 116 Å². The summed E-state index contributed by atoms with van der Waals surface area (Å²) in [6, 6.07) is 0. The second kappa shape index (κ2) is 7.13. The van der Waals surface area contributed by atoms with Crippen molar-refractivity contribution < 1.29 is 34.7 Å². The molecule has 0 amide bonds. The van der Waals surface area contributed by atoms with Crippen molar-refractivity contribution in [1.82, 2.24) is 0 Å². The Morgan fingerprint density at radius 1 is 1.22 bits per heavy atom. The molecule has 0 aromatic rings. The van der Waals surface area contributed by atoms with Gasteiger partial charge in [-0.15, -0.1) is 0 Å². The molecule has 0 aromatic carbocycles. The van der Waals surface area contributed by atoms with E-state index < -0.39 is 37.3 Å². The first-order valence-corrected chi connectivity index (χ1v) is 8.15. The van der Waals surface area contributed by atoms with Crippen molar-refractivity contribution in [1.29, 1.82) is 0 Å². The summed E-state index contributed by atoms with van der Waals surface area (Å²) in [6.07, 6.45) is -5.13. The first-order valence-electron chi connectivity index (χ1n) is 8.15. The normalized spacial score (nSPS) is 43.8. The molecule has 1 aliphatic heterocycles. The van der Waals surface area contributed by atoms with Crippen LogP contribution in [0.25, 0.3) is 0 Å². The SMILES string of the molecule is C[C@@H]1C(=O)C[C@H](CCO[C@@H]2O[C@H](CO)[C@@H](O)[C@H](O)[C@H]2O)C1(C)C. The van der Waals surface area contributed by atoms with Crippen LogP contribution in [0.2, 0.25) is 0 Å². The molecule has 1 aliphatic carbocycles. The Morgan fingerprint density at radius 2 is 1.87 bits per heavy atom. The molecule has 7 atom stereocenters. The smallest absolute Gasteiger partial charge is 0.186 e. The highest BCUT2D eigenvalue weighted by Gasteiger charge is 2.46. The predicted molar refractivity (Wildman–Crippen MR) is 80.4 cm³/mol. The number of aliphatic hydroxyl groups excluding tert-OH is 4. The minimum absolute atomic E-state index is 0.0137. The lowest BCUT2D eigenvalue weighted by atomic mass is 9.75. The molecule has 0 unspecified atom stereocenters. The van der Waals surface area contributed by atoms with Crippen LogP contribution in [-0.2, 0) is 14.3 Å². The van der Waals surface area contributed by atoms with Crippen LogP contribution < -0.4 is 0 Å². The zero-order chi connectivity index (χ0) is 17.4. The van der Waals surface area contributed by atoms with Gasteiger partial charge in [-0.25, -0.2) is 0 Å². The molecule has 2 rings (SSSR count). The number of ether oxygens (including phenoxy) is 2. The van der Waals surface area contributed by atoms with E-state index in [0.717, 1.165) is 0 Å². The predicted octanol–water partition coefficient (Wildman–Crippen LogP) is -0.556. The fourth-order valence-corrected chi connectivity index (χ4v) is 3.46. The van der Waals surface area contributed by atoms with Crippen LogP contribution in [0.3, 0.4) is 0 Å². The molecule has 0 aromatic heterocycles. The Balaban J connectivity index is 1.87. The van der Waals surface area contributed by atoms with Gasteiger partial charge in [0.15, 0.2) is 6.29 Å². The number of hydrogen-bond acceptors (Lipinski definition) is 7. The minimum atomic E-state index is -1.43. The van der Waals surface area contributed by atoms with Gasteiger partial charge in [-0.2, -0.15) is 0 Å². The molecule has 134 valence electrons. The number of rotatable bonds is 5. The van der Waals surface area contributed by atoms with Crippen LogP contribution >= 0.6 is 0 Å². The van der Waals surface area contributed by atoms with Gasteiger partial charge in [-0.3, -0.25) is 4.79 Å². The third kappa shape index (κ3) is 3.60. The molecule has 7 heteroatoms. The molecular formula is C16H28O7. The van der Waals surface area contributed by atoms with Crippen molar-refractivity contribution in [2.75, 3.05) is 13.2 Å². The first kappa shape index (κ1) is 18.8. The molecule has 1 saturated heterocycles. The van der Waals surface area contributed by atoms with Crippen molar-refractivity contribution in [2.45, 2.75) is 64.3 Å². The number of aliphatic hydroxyl groups is 4. The van der Waals surface area contributed by atoms with Crippen molar-refractivity contribution in [3.05, 3.63) is 0 Å². The van der Waals surface area contributed by atoms with Gasteiger partial charge in [0.05, 0.1) is 13.2 Å². The Hall–Kier alpha value is -0.570. The number of hydrogen-bond donors (Lipinski definition) is 4. The van der Waals surface area contributed by atoms with E-state index in [4.69, 9.17) is 14.6 Å². The van der Waals surface area contributed by atoms with Gasteiger partial charge in [0, 0.05) is 12.3 Å². The van der Waals surface area contributed by atoms with E-state index in [1.54, 1.807) is 0 Å². The van der Waals surface area contributed by atoms with Gasteiger partial charge in [0.2, 0.25) is 0 Å². The maximum atomic E-state index is 11.9. The fraction of sp³-hybridized carbons (Fsp3) is 0.938. The second-order valence-electron chi connectivity index (χ2n) is 7.27. The zero-order valence-corrected chi connectivity index (χ0v) is 13.9. The molecule has 2 fully saturated rings. The van der Waals surface area contributed by atoms with E-state index in [9.17, 15) is 20.1 Å². The van der Waals surface area contributed by atoms with Gasteiger partial charge in [0.1, 0.15) is 30.2 Å². The van der Waals surface area contributed by atoms with E-state index in [1.165, 1.54) is 0 Å². The van der Waals surface area contributed by atoms with Crippen LogP contribution in [0.5, 0.6) is 0 Å². The molecule has 2 aliphatic rings. The molecule has 7 nitrogen and oxygen atoms in total. The summed E-state index contributed by atoms with van der Waals surface area (Å²) >= 11 is 0. The lowest BCUT2D eigenvalue weighted by Gasteiger charge is -2.39. The standard InChI is InChI=1S/C16H28O7/c1-8-10(18)6-9(16(8,2)3)4-5-22-15-14(21)13(20)12(19)11(7-17)23-15/h8-9,11-15,17,19-21H,4-7H2,1-3H3/t8-,9+,11-,12-,13+,14-,15-/m1/s1. The summed E-state index contributed by atoms with van der Waals surface area (Å²) in [4.78, 5) is 11.9. The monoisotopic (exact) mass is 332 g/mol. The van der Waals surface area contributed by atoms with Crippen molar-refractivity contribution in [3.63, 3.8) is 0 Å². The fourth-order valence-electron chi connectivity index (χ4n) is 3.46. The van der Waals surface area contributed by atoms with E-state index in [1.807, 2.05) is 6.92 Å². The van der Waals surface area contributed by atoms with Crippen LogP contribution in [0.4, 0.5) is 0 Å². The summed E-state index contributed by atoms with van der Waals surface area (Å²) in [5.41, 5.74) is -0.101. The summed E-state index contributed by atoms with van der Waals surface area (Å²) < 4.78 is 10.8. The van der Waals surface area contributed by atoms with Gasteiger partial charge < -0.3 is 29.9 Å². The van der Waals surface area contributed by atoms with Crippen LogP contribution in [0.15, 0.2) is 0 Å². The maximum absolute atomic E-state index is 11.9. The summed E-state index contributed by atoms with van der Waals surface area (Å²) in [7, 11) is 0. The summed E-state index contributed by atoms with van der Waals surface area (Å²) in [6.45, 7) is 5.87.